The first-order chi connectivity index (χ1) is 12.4. The Bertz CT molecular complexity index is 901. The van der Waals surface area contributed by atoms with Gasteiger partial charge in [-0.15, -0.1) is 0 Å². The van der Waals surface area contributed by atoms with Crippen molar-refractivity contribution in [2.24, 2.45) is 0 Å². The molecule has 8 heteroatoms. The predicted molar refractivity (Wildman–Crippen MR) is 89.8 cm³/mol. The van der Waals surface area contributed by atoms with E-state index in [1.807, 2.05) is 6.92 Å². The Morgan fingerprint density at radius 3 is 2.42 bits per heavy atom. The lowest BCUT2D eigenvalue weighted by Crippen LogP contribution is -2.31. The van der Waals surface area contributed by atoms with E-state index < -0.39 is 38.4 Å². The second kappa shape index (κ2) is 7.28. The number of hydrogen-bond donors (Lipinski definition) is 0. The van der Waals surface area contributed by atoms with Crippen LogP contribution >= 0.6 is 0 Å². The van der Waals surface area contributed by atoms with Crippen LogP contribution < -0.4 is 4.74 Å². The van der Waals surface area contributed by atoms with Gasteiger partial charge in [-0.3, -0.25) is 0 Å². The normalized spacial score (nSPS) is 18.2. The zero-order valence-electron chi connectivity index (χ0n) is 14.1. The third kappa shape index (κ3) is 3.31. The minimum atomic E-state index is -4.31. The first kappa shape index (κ1) is 18.7. The predicted octanol–water partition coefficient (Wildman–Crippen LogP) is 4.03. The molecule has 1 aliphatic rings. The number of halogens is 3. The Hall–Kier alpha value is -2.06. The summed E-state index contributed by atoms with van der Waals surface area (Å²) in [6, 6.07) is 7.86. The molecule has 0 radical (unpaired) electrons. The molecule has 26 heavy (non-hydrogen) atoms. The van der Waals surface area contributed by atoms with E-state index in [4.69, 9.17) is 4.74 Å². The van der Waals surface area contributed by atoms with Crippen LogP contribution in [-0.4, -0.2) is 25.9 Å². The van der Waals surface area contributed by atoms with Crippen LogP contribution in [0.3, 0.4) is 0 Å². The topological polar surface area (TPSA) is 46.6 Å². The monoisotopic (exact) mass is 385 g/mol. The summed E-state index contributed by atoms with van der Waals surface area (Å²) in [5, 5.41) is 0. The van der Waals surface area contributed by atoms with Gasteiger partial charge < -0.3 is 4.74 Å². The van der Waals surface area contributed by atoms with Crippen LogP contribution in [0.25, 0.3) is 0 Å². The Balaban J connectivity index is 1.95. The van der Waals surface area contributed by atoms with Crippen LogP contribution in [0.1, 0.15) is 31.4 Å². The van der Waals surface area contributed by atoms with E-state index in [9.17, 15) is 21.6 Å². The summed E-state index contributed by atoms with van der Waals surface area (Å²) < 4.78 is 72.9. The molecule has 0 bridgehead atoms. The Morgan fingerprint density at radius 2 is 1.77 bits per heavy atom. The van der Waals surface area contributed by atoms with Crippen molar-refractivity contribution in [1.29, 1.82) is 0 Å². The molecule has 140 valence electrons. The van der Waals surface area contributed by atoms with E-state index in [1.165, 1.54) is 0 Å². The molecule has 1 atom stereocenters. The lowest BCUT2D eigenvalue weighted by Gasteiger charge is -2.25. The van der Waals surface area contributed by atoms with Gasteiger partial charge >= 0.3 is 0 Å². The lowest BCUT2D eigenvalue weighted by atomic mass is 10.1. The molecule has 2 aromatic rings. The fourth-order valence-electron chi connectivity index (χ4n) is 3.15. The van der Waals surface area contributed by atoms with Crippen molar-refractivity contribution in [2.45, 2.75) is 30.7 Å². The Morgan fingerprint density at radius 1 is 1.08 bits per heavy atom. The van der Waals surface area contributed by atoms with Crippen molar-refractivity contribution in [3.63, 3.8) is 0 Å². The molecule has 2 aromatic carbocycles. The summed E-state index contributed by atoms with van der Waals surface area (Å²) in [7, 11) is -4.31. The van der Waals surface area contributed by atoms with Gasteiger partial charge in [0.05, 0.1) is 12.6 Å². The highest BCUT2D eigenvalue weighted by Gasteiger charge is 2.38. The zero-order valence-corrected chi connectivity index (χ0v) is 14.9. The minimum absolute atomic E-state index is 0.179. The van der Waals surface area contributed by atoms with E-state index in [2.05, 4.69) is 0 Å². The first-order valence-corrected chi connectivity index (χ1v) is 9.68. The van der Waals surface area contributed by atoms with Gasteiger partial charge in [0.25, 0.3) is 0 Å². The highest BCUT2D eigenvalue weighted by atomic mass is 32.2. The fraction of sp³-hybridized carbons (Fsp3) is 0.333. The highest BCUT2D eigenvalue weighted by Crippen LogP contribution is 2.38. The van der Waals surface area contributed by atoms with Crippen molar-refractivity contribution in [1.82, 2.24) is 4.31 Å². The molecule has 0 amide bonds. The number of hydrogen-bond acceptors (Lipinski definition) is 3. The van der Waals surface area contributed by atoms with Crippen molar-refractivity contribution in [3.8, 4) is 5.75 Å². The van der Waals surface area contributed by atoms with Crippen molar-refractivity contribution in [2.75, 3.05) is 13.2 Å². The molecule has 1 heterocycles. The van der Waals surface area contributed by atoms with Gasteiger partial charge in [-0.25, -0.2) is 21.6 Å². The van der Waals surface area contributed by atoms with Gasteiger partial charge in [0, 0.05) is 6.54 Å². The standard InChI is InChI=1S/C18H18F3NO3S/c1-2-25-13-7-5-12(6-8-13)15-4-3-11-22(15)26(23,24)16-10-9-14(19)17(20)18(16)21/h5-10,15H,2-4,11H2,1H3. The van der Waals surface area contributed by atoms with Crippen molar-refractivity contribution >= 4 is 10.0 Å². The summed E-state index contributed by atoms with van der Waals surface area (Å²) in [6.45, 7) is 2.55. The van der Waals surface area contributed by atoms with Gasteiger partial charge in [-0.1, -0.05) is 12.1 Å². The maximum atomic E-state index is 14.0. The van der Waals surface area contributed by atoms with Crippen molar-refractivity contribution in [3.05, 3.63) is 59.4 Å². The van der Waals surface area contributed by atoms with E-state index in [0.29, 0.717) is 31.3 Å². The Kier molecular flexibility index (Phi) is 5.24. The summed E-state index contributed by atoms with van der Waals surface area (Å²) in [6.07, 6.45) is 1.14. The molecule has 3 rings (SSSR count). The molecule has 0 N–H and O–H groups in total. The molecule has 0 aromatic heterocycles. The van der Waals surface area contributed by atoms with Gasteiger partial charge in [0.1, 0.15) is 10.6 Å². The average Bonchev–Trinajstić information content (AvgIpc) is 3.11. The van der Waals surface area contributed by atoms with Gasteiger partial charge in [0.15, 0.2) is 17.5 Å². The minimum Gasteiger partial charge on any atom is -0.494 e. The van der Waals surface area contributed by atoms with E-state index in [1.54, 1.807) is 24.3 Å². The van der Waals surface area contributed by atoms with Crippen LogP contribution in [0, 0.1) is 17.5 Å². The summed E-state index contributed by atoms with van der Waals surface area (Å²) in [5.41, 5.74) is 0.734. The average molecular weight is 385 g/mol. The van der Waals surface area contributed by atoms with Crippen molar-refractivity contribution < 1.29 is 26.3 Å². The molecule has 1 saturated heterocycles. The highest BCUT2D eigenvalue weighted by molar-refractivity contribution is 7.89. The number of ether oxygens (including phenoxy) is 1. The lowest BCUT2D eigenvalue weighted by molar-refractivity contribution is 0.339. The fourth-order valence-corrected chi connectivity index (χ4v) is 4.89. The van der Waals surface area contributed by atoms with E-state index in [0.717, 1.165) is 15.9 Å². The van der Waals surface area contributed by atoms with Crippen LogP contribution in [0.15, 0.2) is 41.3 Å². The summed E-state index contributed by atoms with van der Waals surface area (Å²) in [5.74, 6) is -4.24. The molecule has 4 nitrogen and oxygen atoms in total. The molecule has 0 spiro atoms. The smallest absolute Gasteiger partial charge is 0.246 e. The van der Waals surface area contributed by atoms with Gasteiger partial charge in [-0.05, 0) is 49.6 Å². The largest absolute Gasteiger partial charge is 0.494 e. The molecule has 1 aliphatic heterocycles. The molecule has 1 fully saturated rings. The van der Waals surface area contributed by atoms with Crippen LogP contribution in [0.2, 0.25) is 0 Å². The second-order valence-corrected chi connectivity index (χ2v) is 7.81. The third-order valence-electron chi connectivity index (χ3n) is 4.37. The molecular formula is C18H18F3NO3S. The molecular weight excluding hydrogens is 367 g/mol. The van der Waals surface area contributed by atoms with Crippen LogP contribution in [-0.2, 0) is 10.0 Å². The number of benzene rings is 2. The van der Waals surface area contributed by atoms with E-state index in [-0.39, 0.29) is 6.54 Å². The Labute approximate surface area is 150 Å². The van der Waals surface area contributed by atoms with Gasteiger partial charge in [0.2, 0.25) is 10.0 Å². The number of rotatable bonds is 5. The third-order valence-corrected chi connectivity index (χ3v) is 6.29. The summed E-state index contributed by atoms with van der Waals surface area (Å²) >= 11 is 0. The van der Waals surface area contributed by atoms with E-state index >= 15 is 0 Å². The van der Waals surface area contributed by atoms with Crippen LogP contribution in [0.4, 0.5) is 13.2 Å². The molecule has 0 aliphatic carbocycles. The summed E-state index contributed by atoms with van der Waals surface area (Å²) in [4.78, 5) is -0.853. The molecule has 0 saturated carbocycles. The maximum absolute atomic E-state index is 14.0. The molecule has 1 unspecified atom stereocenters. The first-order valence-electron chi connectivity index (χ1n) is 8.24. The zero-order chi connectivity index (χ0) is 18.9. The number of nitrogens with zero attached hydrogens (tertiary/aromatic N) is 1. The second-order valence-electron chi connectivity index (χ2n) is 5.95. The van der Waals surface area contributed by atoms with Crippen LogP contribution in [0.5, 0.6) is 5.75 Å². The quantitative estimate of drug-likeness (QED) is 0.730. The number of sulfonamides is 1. The SMILES string of the molecule is CCOc1ccc(C2CCCN2S(=O)(=O)c2ccc(F)c(F)c2F)cc1. The maximum Gasteiger partial charge on any atom is 0.246 e. The van der Waals surface area contributed by atoms with Gasteiger partial charge in [-0.2, -0.15) is 4.31 Å².